The first-order chi connectivity index (χ1) is 7.18. The normalized spacial score (nSPS) is 12.4. The van der Waals surface area contributed by atoms with Crippen LogP contribution in [0.5, 0.6) is 0 Å². The van der Waals surface area contributed by atoms with Crippen LogP contribution in [0.1, 0.15) is 31.7 Å². The molecular formula is C13H18O2. The van der Waals surface area contributed by atoms with Crippen LogP contribution >= 0.6 is 0 Å². The lowest BCUT2D eigenvalue weighted by Gasteiger charge is -2.07. The standard InChI is InChI=1S/C13H18O2/c1-11(14)10-13(15)9-5-8-12-6-3-2-4-7-12/h2-4,6-7,13,15H,5,8-10H2,1H3. The third-order valence-corrected chi connectivity index (χ3v) is 2.37. The van der Waals surface area contributed by atoms with Crippen LogP contribution in [0.15, 0.2) is 30.3 Å². The molecule has 0 spiro atoms. The molecule has 0 saturated carbocycles. The van der Waals surface area contributed by atoms with Gasteiger partial charge in [-0.1, -0.05) is 30.3 Å². The molecule has 0 aromatic heterocycles. The maximum atomic E-state index is 10.7. The maximum Gasteiger partial charge on any atom is 0.132 e. The van der Waals surface area contributed by atoms with Crippen LogP contribution in [0, 0.1) is 0 Å². The van der Waals surface area contributed by atoms with Gasteiger partial charge in [0.05, 0.1) is 6.10 Å². The Labute approximate surface area is 90.9 Å². The third kappa shape index (κ3) is 5.33. The molecule has 0 fully saturated rings. The minimum Gasteiger partial charge on any atom is -0.393 e. The molecule has 82 valence electrons. The van der Waals surface area contributed by atoms with Crippen LogP contribution < -0.4 is 0 Å². The average molecular weight is 206 g/mol. The number of aliphatic hydroxyl groups is 1. The molecule has 1 aromatic rings. The number of aliphatic hydroxyl groups excluding tert-OH is 1. The Morgan fingerprint density at radius 1 is 1.33 bits per heavy atom. The number of Topliss-reactive ketones (excluding diaryl/α,β-unsaturated/α-hetero) is 1. The summed E-state index contributed by atoms with van der Waals surface area (Å²) < 4.78 is 0. The highest BCUT2D eigenvalue weighted by atomic mass is 16.3. The molecule has 1 rings (SSSR count). The van der Waals surface area contributed by atoms with Crippen molar-refractivity contribution in [2.45, 2.75) is 38.7 Å². The van der Waals surface area contributed by atoms with Gasteiger partial charge in [-0.15, -0.1) is 0 Å². The Morgan fingerprint density at radius 3 is 2.60 bits per heavy atom. The van der Waals surface area contributed by atoms with Crippen LogP contribution in [0.25, 0.3) is 0 Å². The quantitative estimate of drug-likeness (QED) is 0.775. The molecular weight excluding hydrogens is 188 g/mol. The van der Waals surface area contributed by atoms with Crippen molar-refractivity contribution < 1.29 is 9.90 Å². The predicted molar refractivity (Wildman–Crippen MR) is 60.7 cm³/mol. The van der Waals surface area contributed by atoms with E-state index in [4.69, 9.17) is 0 Å². The summed E-state index contributed by atoms with van der Waals surface area (Å²) in [5.41, 5.74) is 1.28. The first-order valence-corrected chi connectivity index (χ1v) is 5.40. The number of benzene rings is 1. The molecule has 0 heterocycles. The highest BCUT2D eigenvalue weighted by Gasteiger charge is 2.06. The third-order valence-electron chi connectivity index (χ3n) is 2.37. The van der Waals surface area contributed by atoms with Gasteiger partial charge in [0, 0.05) is 6.42 Å². The molecule has 1 atom stereocenters. The zero-order valence-electron chi connectivity index (χ0n) is 9.15. The second kappa shape index (κ2) is 6.36. The van der Waals surface area contributed by atoms with Gasteiger partial charge in [0.15, 0.2) is 0 Å². The SMILES string of the molecule is CC(=O)CC(O)CCCc1ccccc1. The molecule has 0 aliphatic carbocycles. The van der Waals surface area contributed by atoms with Crippen molar-refractivity contribution in [2.24, 2.45) is 0 Å². The molecule has 0 saturated heterocycles. The van der Waals surface area contributed by atoms with Crippen molar-refractivity contribution in [1.29, 1.82) is 0 Å². The van der Waals surface area contributed by atoms with E-state index >= 15 is 0 Å². The zero-order valence-corrected chi connectivity index (χ0v) is 9.15. The topological polar surface area (TPSA) is 37.3 Å². The second-order valence-electron chi connectivity index (χ2n) is 3.94. The van der Waals surface area contributed by atoms with E-state index in [1.165, 1.54) is 12.5 Å². The van der Waals surface area contributed by atoms with E-state index in [1.807, 2.05) is 18.2 Å². The molecule has 0 aliphatic heterocycles. The van der Waals surface area contributed by atoms with E-state index in [1.54, 1.807) is 0 Å². The van der Waals surface area contributed by atoms with Crippen molar-refractivity contribution in [2.75, 3.05) is 0 Å². The summed E-state index contributed by atoms with van der Waals surface area (Å²) in [6, 6.07) is 10.2. The number of carbonyl (C=O) groups excluding carboxylic acids is 1. The summed E-state index contributed by atoms with van der Waals surface area (Å²) in [5, 5.41) is 9.48. The van der Waals surface area contributed by atoms with Crippen LogP contribution in [0.3, 0.4) is 0 Å². The monoisotopic (exact) mass is 206 g/mol. The molecule has 0 amide bonds. The van der Waals surface area contributed by atoms with Gasteiger partial charge in [-0.3, -0.25) is 4.79 Å². The number of ketones is 1. The van der Waals surface area contributed by atoms with E-state index in [9.17, 15) is 9.90 Å². The minimum absolute atomic E-state index is 0.0576. The fourth-order valence-corrected chi connectivity index (χ4v) is 1.62. The molecule has 0 aliphatic rings. The van der Waals surface area contributed by atoms with Crippen molar-refractivity contribution >= 4 is 5.78 Å². The molecule has 1 unspecified atom stereocenters. The minimum atomic E-state index is -0.466. The van der Waals surface area contributed by atoms with E-state index in [0.29, 0.717) is 6.42 Å². The number of hydrogen-bond acceptors (Lipinski definition) is 2. The Kier molecular flexibility index (Phi) is 5.05. The molecule has 1 N–H and O–H groups in total. The summed E-state index contributed by atoms with van der Waals surface area (Å²) in [6.45, 7) is 1.51. The van der Waals surface area contributed by atoms with E-state index in [0.717, 1.165) is 12.8 Å². The van der Waals surface area contributed by atoms with E-state index in [-0.39, 0.29) is 12.2 Å². The Hall–Kier alpha value is -1.15. The zero-order chi connectivity index (χ0) is 11.1. The second-order valence-corrected chi connectivity index (χ2v) is 3.94. The lowest BCUT2D eigenvalue weighted by molar-refractivity contribution is -0.118. The molecule has 15 heavy (non-hydrogen) atoms. The van der Waals surface area contributed by atoms with Crippen molar-refractivity contribution in [3.63, 3.8) is 0 Å². The van der Waals surface area contributed by atoms with Gasteiger partial charge in [0.2, 0.25) is 0 Å². The van der Waals surface area contributed by atoms with Gasteiger partial charge < -0.3 is 5.11 Å². The van der Waals surface area contributed by atoms with Crippen molar-refractivity contribution in [3.05, 3.63) is 35.9 Å². The summed E-state index contributed by atoms with van der Waals surface area (Å²) >= 11 is 0. The first kappa shape index (κ1) is 11.9. The number of hydrogen-bond donors (Lipinski definition) is 1. The smallest absolute Gasteiger partial charge is 0.132 e. The van der Waals surface area contributed by atoms with Crippen molar-refractivity contribution in [3.8, 4) is 0 Å². The Morgan fingerprint density at radius 2 is 2.00 bits per heavy atom. The van der Waals surface area contributed by atoms with Gasteiger partial charge in [0.1, 0.15) is 5.78 Å². The molecule has 2 heteroatoms. The van der Waals surface area contributed by atoms with Gasteiger partial charge >= 0.3 is 0 Å². The van der Waals surface area contributed by atoms with Gasteiger partial charge in [-0.25, -0.2) is 0 Å². The number of carbonyl (C=O) groups is 1. The van der Waals surface area contributed by atoms with E-state index in [2.05, 4.69) is 12.1 Å². The number of aryl methyl sites for hydroxylation is 1. The highest BCUT2D eigenvalue weighted by Crippen LogP contribution is 2.08. The Balaban J connectivity index is 2.19. The lowest BCUT2D eigenvalue weighted by atomic mass is 10.0. The van der Waals surface area contributed by atoms with Gasteiger partial charge in [-0.05, 0) is 31.7 Å². The lowest BCUT2D eigenvalue weighted by Crippen LogP contribution is -2.11. The molecule has 0 radical (unpaired) electrons. The molecule has 0 bridgehead atoms. The van der Waals surface area contributed by atoms with Crippen LogP contribution in [-0.2, 0) is 11.2 Å². The van der Waals surface area contributed by atoms with Crippen molar-refractivity contribution in [1.82, 2.24) is 0 Å². The molecule has 2 nitrogen and oxygen atoms in total. The summed E-state index contributed by atoms with van der Waals surface area (Å²) in [7, 11) is 0. The van der Waals surface area contributed by atoms with E-state index < -0.39 is 6.10 Å². The Bertz CT molecular complexity index is 293. The molecule has 1 aromatic carbocycles. The highest BCUT2D eigenvalue weighted by molar-refractivity contribution is 5.75. The van der Waals surface area contributed by atoms with Crippen LogP contribution in [0.2, 0.25) is 0 Å². The first-order valence-electron chi connectivity index (χ1n) is 5.40. The van der Waals surface area contributed by atoms with Gasteiger partial charge in [0.25, 0.3) is 0 Å². The summed E-state index contributed by atoms with van der Waals surface area (Å²) in [4.78, 5) is 10.7. The maximum absolute atomic E-state index is 10.7. The average Bonchev–Trinajstić information content (AvgIpc) is 2.18. The fourth-order valence-electron chi connectivity index (χ4n) is 1.62. The predicted octanol–water partition coefficient (Wildman–Crippen LogP) is 2.35. The number of rotatable bonds is 6. The largest absolute Gasteiger partial charge is 0.393 e. The summed E-state index contributed by atoms with van der Waals surface area (Å²) in [5.74, 6) is 0.0576. The van der Waals surface area contributed by atoms with Crippen LogP contribution in [0.4, 0.5) is 0 Å². The fraction of sp³-hybridized carbons (Fsp3) is 0.462. The summed E-state index contributed by atoms with van der Waals surface area (Å²) in [6.07, 6.45) is 2.42. The van der Waals surface area contributed by atoms with Crippen LogP contribution in [-0.4, -0.2) is 17.0 Å². The van der Waals surface area contributed by atoms with Gasteiger partial charge in [-0.2, -0.15) is 0 Å².